The van der Waals surface area contributed by atoms with E-state index < -0.39 is 15.6 Å². The van der Waals surface area contributed by atoms with Gasteiger partial charge < -0.3 is 10.1 Å². The maximum atomic E-state index is 11.9. The van der Waals surface area contributed by atoms with Crippen molar-refractivity contribution in [2.24, 2.45) is 0 Å². The summed E-state index contributed by atoms with van der Waals surface area (Å²) in [6, 6.07) is 0. The van der Waals surface area contributed by atoms with Gasteiger partial charge in [0.2, 0.25) is 0 Å². The molecule has 6 nitrogen and oxygen atoms in total. The number of sulfonamides is 1. The number of aromatic nitrogens is 2. The molecular formula is C11H21N3O3S. The molecule has 0 bridgehead atoms. The second kappa shape index (κ2) is 5.81. The largest absolute Gasteiger partial charge is 0.389 e. The maximum absolute atomic E-state index is 11.9. The quantitative estimate of drug-likeness (QED) is 0.686. The topological polar surface area (TPSA) is 95.1 Å². The summed E-state index contributed by atoms with van der Waals surface area (Å²) in [7, 11) is -3.63. The molecule has 1 unspecified atom stereocenters. The molecule has 104 valence electrons. The lowest BCUT2D eigenvalue weighted by atomic mass is 10.0. The second-order valence-corrected chi connectivity index (χ2v) is 6.35. The van der Waals surface area contributed by atoms with E-state index in [-0.39, 0.29) is 11.6 Å². The van der Waals surface area contributed by atoms with Gasteiger partial charge in [0, 0.05) is 13.0 Å². The van der Waals surface area contributed by atoms with Crippen LogP contribution >= 0.6 is 0 Å². The third-order valence-corrected chi connectivity index (χ3v) is 3.97. The number of aromatic amines is 1. The van der Waals surface area contributed by atoms with Gasteiger partial charge in [-0.3, -0.25) is 0 Å². The number of H-pyrrole nitrogens is 1. The van der Waals surface area contributed by atoms with E-state index in [1.165, 1.54) is 6.20 Å². The summed E-state index contributed by atoms with van der Waals surface area (Å²) in [6.07, 6.45) is 3.26. The molecule has 1 heterocycles. The number of rotatable bonds is 7. The van der Waals surface area contributed by atoms with Crippen LogP contribution in [-0.4, -0.2) is 35.6 Å². The zero-order chi connectivity index (χ0) is 13.8. The molecule has 0 spiro atoms. The van der Waals surface area contributed by atoms with Gasteiger partial charge in [-0.2, -0.15) is 0 Å². The smallest absolute Gasteiger partial charge is 0.257 e. The molecule has 0 fully saturated rings. The summed E-state index contributed by atoms with van der Waals surface area (Å²) in [5, 5.41) is 9.96. The lowest BCUT2D eigenvalue weighted by molar-refractivity contribution is 0.0554. The van der Waals surface area contributed by atoms with Crippen molar-refractivity contribution in [3.8, 4) is 0 Å². The number of aliphatic hydroxyl groups is 1. The summed E-state index contributed by atoms with van der Waals surface area (Å²) in [5.41, 5.74) is -1.03. The van der Waals surface area contributed by atoms with Crippen LogP contribution in [0.1, 0.15) is 39.4 Å². The third kappa shape index (κ3) is 4.08. The molecule has 0 aliphatic carbocycles. The molecule has 1 aromatic heterocycles. The zero-order valence-electron chi connectivity index (χ0n) is 11.0. The summed E-state index contributed by atoms with van der Waals surface area (Å²) in [5.74, 6) is 0.621. The summed E-state index contributed by atoms with van der Waals surface area (Å²) in [6.45, 7) is 5.42. The fourth-order valence-corrected chi connectivity index (χ4v) is 2.71. The van der Waals surface area contributed by atoms with Gasteiger partial charge in [-0.1, -0.05) is 20.3 Å². The molecular weight excluding hydrogens is 254 g/mol. The fraction of sp³-hybridized carbons (Fsp3) is 0.727. The van der Waals surface area contributed by atoms with Crippen molar-refractivity contribution in [1.82, 2.24) is 14.7 Å². The first-order valence-electron chi connectivity index (χ1n) is 6.06. The summed E-state index contributed by atoms with van der Waals surface area (Å²) < 4.78 is 26.2. The van der Waals surface area contributed by atoms with E-state index >= 15 is 0 Å². The van der Waals surface area contributed by atoms with E-state index in [4.69, 9.17) is 0 Å². The molecule has 0 saturated carbocycles. The molecule has 7 heteroatoms. The van der Waals surface area contributed by atoms with E-state index in [0.717, 1.165) is 6.42 Å². The summed E-state index contributed by atoms with van der Waals surface area (Å²) >= 11 is 0. The number of hydrogen-bond donors (Lipinski definition) is 3. The van der Waals surface area contributed by atoms with E-state index in [9.17, 15) is 13.5 Å². The molecule has 0 aliphatic heterocycles. The minimum atomic E-state index is -3.63. The van der Waals surface area contributed by atoms with E-state index in [2.05, 4.69) is 14.7 Å². The highest BCUT2D eigenvalue weighted by molar-refractivity contribution is 7.89. The Balaban J connectivity index is 2.71. The maximum Gasteiger partial charge on any atom is 0.257 e. The Labute approximate surface area is 108 Å². The number of nitrogens with zero attached hydrogens (tertiary/aromatic N) is 1. The fourth-order valence-electron chi connectivity index (χ4n) is 1.61. The highest BCUT2D eigenvalue weighted by Crippen LogP contribution is 2.12. The molecule has 1 atom stereocenters. The number of hydrogen-bond acceptors (Lipinski definition) is 4. The van der Waals surface area contributed by atoms with Crippen LogP contribution in [0, 0.1) is 0 Å². The second-order valence-electron chi connectivity index (χ2n) is 4.62. The van der Waals surface area contributed by atoms with E-state index in [1.54, 1.807) is 6.92 Å². The van der Waals surface area contributed by atoms with Crippen LogP contribution in [0.5, 0.6) is 0 Å². The van der Waals surface area contributed by atoms with E-state index in [1.807, 2.05) is 13.8 Å². The van der Waals surface area contributed by atoms with Gasteiger partial charge in [-0.25, -0.2) is 18.1 Å². The Morgan fingerprint density at radius 2 is 2.17 bits per heavy atom. The Kier molecular flexibility index (Phi) is 4.89. The Hall–Kier alpha value is -0.920. The van der Waals surface area contributed by atoms with E-state index in [0.29, 0.717) is 18.7 Å². The average molecular weight is 275 g/mol. The van der Waals surface area contributed by atoms with Crippen LogP contribution in [-0.2, 0) is 16.4 Å². The van der Waals surface area contributed by atoms with Crippen molar-refractivity contribution in [1.29, 1.82) is 0 Å². The predicted molar refractivity (Wildman–Crippen MR) is 68.7 cm³/mol. The van der Waals surface area contributed by atoms with Crippen molar-refractivity contribution in [2.45, 2.75) is 50.7 Å². The molecule has 18 heavy (non-hydrogen) atoms. The monoisotopic (exact) mass is 275 g/mol. The molecule has 3 N–H and O–H groups in total. The molecule has 0 radical (unpaired) electrons. The first-order valence-corrected chi connectivity index (χ1v) is 7.55. The van der Waals surface area contributed by atoms with Gasteiger partial charge in [0.1, 0.15) is 5.82 Å². The van der Waals surface area contributed by atoms with Crippen LogP contribution in [0.2, 0.25) is 0 Å². The average Bonchev–Trinajstić information content (AvgIpc) is 2.76. The minimum Gasteiger partial charge on any atom is -0.389 e. The van der Waals surface area contributed by atoms with Gasteiger partial charge in [0.05, 0.1) is 11.8 Å². The van der Waals surface area contributed by atoms with Crippen LogP contribution < -0.4 is 4.72 Å². The number of nitrogens with one attached hydrogen (secondary N) is 2. The highest BCUT2D eigenvalue weighted by atomic mass is 32.2. The van der Waals surface area contributed by atoms with Crippen LogP contribution in [0.3, 0.4) is 0 Å². The Bertz CT molecular complexity index is 479. The van der Waals surface area contributed by atoms with Crippen LogP contribution in [0.4, 0.5) is 0 Å². The standard InChI is InChI=1S/C11H21N3O3S/c1-4-6-11(3,15)8-13-18(16,17)10-7-12-9(5-2)14-10/h7,13,15H,4-6,8H2,1-3H3,(H,12,14). The zero-order valence-corrected chi connectivity index (χ0v) is 11.8. The molecule has 0 aliphatic rings. The third-order valence-electron chi connectivity index (χ3n) is 2.66. The molecule has 1 aromatic rings. The highest BCUT2D eigenvalue weighted by Gasteiger charge is 2.24. The summed E-state index contributed by atoms with van der Waals surface area (Å²) in [4.78, 5) is 6.67. The molecule has 0 aromatic carbocycles. The van der Waals surface area contributed by atoms with Gasteiger partial charge in [0.15, 0.2) is 5.03 Å². The predicted octanol–water partition coefficient (Wildman–Crippen LogP) is 0.801. The SMILES string of the molecule is CCCC(C)(O)CNS(=O)(=O)c1cnc(CC)[nH]1. The van der Waals surface area contributed by atoms with Crippen LogP contribution in [0.25, 0.3) is 0 Å². The van der Waals surface area contributed by atoms with Gasteiger partial charge in [-0.05, 0) is 13.3 Å². The lowest BCUT2D eigenvalue weighted by Gasteiger charge is -2.22. The van der Waals surface area contributed by atoms with Crippen molar-refractivity contribution in [2.75, 3.05) is 6.54 Å². The van der Waals surface area contributed by atoms with Gasteiger partial charge in [0.25, 0.3) is 10.0 Å². The first-order chi connectivity index (χ1) is 8.30. The Morgan fingerprint density at radius 3 is 2.67 bits per heavy atom. The van der Waals surface area contributed by atoms with Crippen molar-refractivity contribution < 1.29 is 13.5 Å². The molecule has 0 amide bonds. The van der Waals surface area contributed by atoms with Gasteiger partial charge in [-0.15, -0.1) is 0 Å². The van der Waals surface area contributed by atoms with Crippen molar-refractivity contribution in [3.63, 3.8) is 0 Å². The van der Waals surface area contributed by atoms with Gasteiger partial charge >= 0.3 is 0 Å². The minimum absolute atomic E-state index is 0.0103. The normalized spacial score (nSPS) is 15.6. The lowest BCUT2D eigenvalue weighted by Crippen LogP contribution is -2.40. The first kappa shape index (κ1) is 15.1. The molecule has 0 saturated heterocycles. The van der Waals surface area contributed by atoms with Crippen molar-refractivity contribution >= 4 is 10.0 Å². The van der Waals surface area contributed by atoms with Crippen molar-refractivity contribution in [3.05, 3.63) is 12.0 Å². The number of aryl methyl sites for hydroxylation is 1. The molecule has 1 rings (SSSR count). The van der Waals surface area contributed by atoms with Crippen LogP contribution in [0.15, 0.2) is 11.2 Å². The Morgan fingerprint density at radius 1 is 1.50 bits per heavy atom. The number of imidazole rings is 1.